The number of rotatable bonds is 9. The molecule has 1 aliphatic heterocycles. The van der Waals surface area contributed by atoms with Crippen molar-refractivity contribution in [3.05, 3.63) is 54.4 Å². The van der Waals surface area contributed by atoms with Crippen LogP contribution in [-0.4, -0.2) is 59.8 Å². The van der Waals surface area contributed by atoms with Crippen molar-refractivity contribution in [2.75, 3.05) is 38.2 Å². The first-order valence-corrected chi connectivity index (χ1v) is 11.3. The van der Waals surface area contributed by atoms with Crippen molar-refractivity contribution in [2.45, 2.75) is 32.9 Å². The number of carbonyl (C=O) groups excluding carboxylic acids is 1. The van der Waals surface area contributed by atoms with Crippen molar-refractivity contribution in [1.82, 2.24) is 14.9 Å². The normalized spacial score (nSPS) is 17.4. The van der Waals surface area contributed by atoms with E-state index >= 15 is 0 Å². The van der Waals surface area contributed by atoms with Gasteiger partial charge in [0.25, 0.3) is 0 Å². The van der Waals surface area contributed by atoms with Gasteiger partial charge in [0.1, 0.15) is 24.9 Å². The molecule has 8 heteroatoms. The Morgan fingerprint density at radius 3 is 2.73 bits per heavy atom. The zero-order chi connectivity index (χ0) is 23.2. The first-order valence-electron chi connectivity index (χ1n) is 11.3. The van der Waals surface area contributed by atoms with E-state index in [1.807, 2.05) is 49.1 Å². The summed E-state index contributed by atoms with van der Waals surface area (Å²) in [6.45, 7) is 8.45. The number of aromatic nitrogens is 2. The number of fused-ring (bicyclic) bond motifs is 1. The predicted octanol–water partition coefficient (Wildman–Crippen LogP) is 3.83. The molecule has 0 aliphatic carbocycles. The number of hydrogen-bond acceptors (Lipinski definition) is 8. The van der Waals surface area contributed by atoms with Crippen LogP contribution < -0.4 is 14.8 Å². The van der Waals surface area contributed by atoms with E-state index in [9.17, 15) is 4.79 Å². The molecule has 3 aromatic rings. The lowest BCUT2D eigenvalue weighted by Crippen LogP contribution is -2.45. The zero-order valence-electron chi connectivity index (χ0n) is 19.3. The zero-order valence-corrected chi connectivity index (χ0v) is 19.3. The number of cyclic esters (lactones) is 1. The summed E-state index contributed by atoms with van der Waals surface area (Å²) in [6.07, 6.45) is 1.44. The van der Waals surface area contributed by atoms with Crippen LogP contribution in [0.4, 0.5) is 5.82 Å². The monoisotopic (exact) mass is 450 g/mol. The minimum absolute atomic E-state index is 0.0704. The Morgan fingerprint density at radius 1 is 1.18 bits per heavy atom. The number of benzene rings is 2. The standard InChI is InChI=1S/C25H30N4O4/c1-4-31-23-13-21-20(12-22(23)32-11-10-29-14-17(2)33-24(30)15-29)25(27-16-26-21)28-18(3)19-8-6-5-7-9-19/h5-9,12-13,16-18H,4,10-11,14-15H2,1-3H3,(H,26,27,28)/t17-,18+/m0/s1. The van der Waals surface area contributed by atoms with Crippen LogP contribution in [0.3, 0.4) is 0 Å². The summed E-state index contributed by atoms with van der Waals surface area (Å²) in [5.41, 5.74) is 1.94. The summed E-state index contributed by atoms with van der Waals surface area (Å²) in [5, 5.41) is 4.35. The third-order valence-electron chi connectivity index (χ3n) is 5.52. The molecule has 0 bridgehead atoms. The van der Waals surface area contributed by atoms with Gasteiger partial charge in [-0.3, -0.25) is 9.69 Å². The van der Waals surface area contributed by atoms with Crippen molar-refractivity contribution in [3.8, 4) is 11.5 Å². The first-order chi connectivity index (χ1) is 16.0. The summed E-state index contributed by atoms with van der Waals surface area (Å²) < 4.78 is 17.1. The van der Waals surface area contributed by atoms with Gasteiger partial charge in [-0.15, -0.1) is 0 Å². The molecule has 8 nitrogen and oxygen atoms in total. The third-order valence-corrected chi connectivity index (χ3v) is 5.52. The topological polar surface area (TPSA) is 85.8 Å². The molecule has 4 rings (SSSR count). The lowest BCUT2D eigenvalue weighted by Gasteiger charge is -2.30. The first kappa shape index (κ1) is 22.8. The Kier molecular flexibility index (Phi) is 7.24. The molecular weight excluding hydrogens is 420 g/mol. The van der Waals surface area contributed by atoms with Crippen molar-refractivity contribution in [1.29, 1.82) is 0 Å². The van der Waals surface area contributed by atoms with Crippen LogP contribution in [0.1, 0.15) is 32.4 Å². The highest BCUT2D eigenvalue weighted by Crippen LogP contribution is 2.35. The fraction of sp³-hybridized carbons (Fsp3) is 0.400. The second-order valence-corrected chi connectivity index (χ2v) is 8.13. The maximum absolute atomic E-state index is 11.7. The number of carbonyl (C=O) groups is 1. The van der Waals surface area contributed by atoms with Gasteiger partial charge in [0.2, 0.25) is 0 Å². The third kappa shape index (κ3) is 5.70. The quantitative estimate of drug-likeness (QED) is 0.493. The van der Waals surface area contributed by atoms with Gasteiger partial charge in [-0.25, -0.2) is 9.97 Å². The van der Waals surface area contributed by atoms with Crippen LogP contribution >= 0.6 is 0 Å². The van der Waals surface area contributed by atoms with Gasteiger partial charge in [0, 0.05) is 30.6 Å². The molecule has 1 aromatic heterocycles. The predicted molar refractivity (Wildman–Crippen MR) is 127 cm³/mol. The Balaban J connectivity index is 1.54. The van der Waals surface area contributed by atoms with Gasteiger partial charge in [-0.1, -0.05) is 30.3 Å². The minimum Gasteiger partial charge on any atom is -0.490 e. The SMILES string of the molecule is CCOc1cc2ncnc(N[C@H](C)c3ccccc3)c2cc1OCCN1CC(=O)O[C@@H](C)C1. The smallest absolute Gasteiger partial charge is 0.320 e. The second kappa shape index (κ2) is 10.5. The van der Waals surface area contributed by atoms with Crippen LogP contribution in [0.5, 0.6) is 11.5 Å². The number of morpholine rings is 1. The number of nitrogens with zero attached hydrogens (tertiary/aromatic N) is 3. The molecular formula is C25H30N4O4. The Morgan fingerprint density at radius 2 is 1.97 bits per heavy atom. The number of ether oxygens (including phenoxy) is 3. The summed E-state index contributed by atoms with van der Waals surface area (Å²) in [6, 6.07) is 14.1. The largest absolute Gasteiger partial charge is 0.490 e. The van der Waals surface area contributed by atoms with Crippen molar-refractivity contribution in [2.24, 2.45) is 0 Å². The fourth-order valence-corrected chi connectivity index (χ4v) is 3.95. The number of anilines is 1. The Labute approximate surface area is 193 Å². The van der Waals surface area contributed by atoms with E-state index in [4.69, 9.17) is 14.2 Å². The molecule has 33 heavy (non-hydrogen) atoms. The summed E-state index contributed by atoms with van der Waals surface area (Å²) in [4.78, 5) is 22.6. The molecule has 1 N–H and O–H groups in total. The lowest BCUT2D eigenvalue weighted by molar-refractivity contribution is -0.157. The molecule has 0 saturated carbocycles. The van der Waals surface area contributed by atoms with Crippen molar-refractivity contribution < 1.29 is 19.0 Å². The van der Waals surface area contributed by atoms with Crippen LogP contribution in [0, 0.1) is 0 Å². The summed E-state index contributed by atoms with van der Waals surface area (Å²) >= 11 is 0. The molecule has 2 atom stereocenters. The lowest BCUT2D eigenvalue weighted by atomic mass is 10.1. The molecule has 1 saturated heterocycles. The van der Waals surface area contributed by atoms with Crippen LogP contribution in [0.25, 0.3) is 10.9 Å². The highest BCUT2D eigenvalue weighted by molar-refractivity contribution is 5.91. The Hall–Kier alpha value is -3.39. The van der Waals surface area contributed by atoms with Crippen LogP contribution in [0.2, 0.25) is 0 Å². The molecule has 174 valence electrons. The van der Waals surface area contributed by atoms with E-state index in [2.05, 4.69) is 34.3 Å². The van der Waals surface area contributed by atoms with E-state index < -0.39 is 0 Å². The van der Waals surface area contributed by atoms with E-state index in [0.717, 1.165) is 16.7 Å². The maximum atomic E-state index is 11.7. The number of esters is 1. The van der Waals surface area contributed by atoms with Crippen LogP contribution in [0.15, 0.2) is 48.8 Å². The highest BCUT2D eigenvalue weighted by Gasteiger charge is 2.23. The van der Waals surface area contributed by atoms with E-state index in [1.165, 1.54) is 5.56 Å². The average molecular weight is 451 g/mol. The fourth-order valence-electron chi connectivity index (χ4n) is 3.95. The van der Waals surface area contributed by atoms with E-state index in [-0.39, 0.29) is 24.7 Å². The second-order valence-electron chi connectivity index (χ2n) is 8.13. The average Bonchev–Trinajstić information content (AvgIpc) is 2.80. The van der Waals surface area contributed by atoms with Crippen molar-refractivity contribution in [3.63, 3.8) is 0 Å². The van der Waals surface area contributed by atoms with E-state index in [0.29, 0.717) is 37.8 Å². The van der Waals surface area contributed by atoms with Gasteiger partial charge in [-0.2, -0.15) is 0 Å². The summed E-state index contributed by atoms with van der Waals surface area (Å²) in [5.74, 6) is 1.80. The minimum atomic E-state index is -0.199. The molecule has 1 fully saturated rings. The number of nitrogens with one attached hydrogen (secondary N) is 1. The van der Waals surface area contributed by atoms with Gasteiger partial charge in [0.05, 0.1) is 18.7 Å². The molecule has 0 amide bonds. The van der Waals surface area contributed by atoms with Gasteiger partial charge < -0.3 is 19.5 Å². The summed E-state index contributed by atoms with van der Waals surface area (Å²) in [7, 11) is 0. The molecule has 0 spiro atoms. The van der Waals surface area contributed by atoms with E-state index in [1.54, 1.807) is 6.33 Å². The van der Waals surface area contributed by atoms with Gasteiger partial charge in [-0.05, 0) is 32.4 Å². The molecule has 0 unspecified atom stereocenters. The molecule has 2 heterocycles. The highest BCUT2D eigenvalue weighted by atomic mass is 16.5. The molecule has 2 aromatic carbocycles. The van der Waals surface area contributed by atoms with Gasteiger partial charge in [0.15, 0.2) is 11.5 Å². The molecule has 1 aliphatic rings. The van der Waals surface area contributed by atoms with Crippen LogP contribution in [-0.2, 0) is 9.53 Å². The Bertz CT molecular complexity index is 1090. The molecule has 0 radical (unpaired) electrons. The maximum Gasteiger partial charge on any atom is 0.320 e. The van der Waals surface area contributed by atoms with Gasteiger partial charge >= 0.3 is 5.97 Å². The van der Waals surface area contributed by atoms with Crippen molar-refractivity contribution >= 4 is 22.7 Å². The number of hydrogen-bond donors (Lipinski definition) is 1.